The van der Waals surface area contributed by atoms with Gasteiger partial charge in [-0.1, -0.05) is 141 Å². The van der Waals surface area contributed by atoms with Crippen LogP contribution in [0.25, 0.3) is 68.1 Å². The maximum atomic E-state index is 6.31. The number of hydrogen-bond acceptors (Lipinski definition) is 6. The van der Waals surface area contributed by atoms with Gasteiger partial charge in [0.2, 0.25) is 23.6 Å². The molecule has 9 aromatic rings. The lowest BCUT2D eigenvalue weighted by Crippen LogP contribution is -2.28. The van der Waals surface area contributed by atoms with Crippen LogP contribution in [-0.2, 0) is 11.8 Å². The molecule has 6 nitrogen and oxygen atoms in total. The Balaban J connectivity index is 1.16. The van der Waals surface area contributed by atoms with Crippen LogP contribution in [0.3, 0.4) is 0 Å². The van der Waals surface area contributed by atoms with Crippen LogP contribution < -0.4 is 0 Å². The Bertz CT molecular complexity index is 2710. The molecule has 10 rings (SSSR count). The zero-order chi connectivity index (χ0) is 38.3. The normalized spacial score (nSPS) is 12.8. The van der Waals surface area contributed by atoms with Crippen molar-refractivity contribution in [2.24, 2.45) is 5.92 Å². The first kappa shape index (κ1) is 34.3. The molecule has 2 aromatic heterocycles. The molecule has 0 N–H and O–H groups in total. The standard InChI is InChI=1S/C51H38N4O2/c1-33(2)28-34-24-26-41(27-25-34)51(45-22-11-9-20-43(45)44-21-10-12-23-46(44)51)42-19-13-18-37(32-42)38-29-39(49-54-52-47(56-49)35-14-5-3-6-15-35)31-40(30-38)50-55-53-48(57-50)36-16-7-4-8-17-36/h3-27,29-33H,28H2,1-2H3. The minimum Gasteiger partial charge on any atom is -0.416 e. The van der Waals surface area contributed by atoms with E-state index in [1.54, 1.807) is 0 Å². The third kappa shape index (κ3) is 6.07. The van der Waals surface area contributed by atoms with Gasteiger partial charge in [0.05, 0.1) is 5.41 Å². The summed E-state index contributed by atoms with van der Waals surface area (Å²) in [7, 11) is 0. The largest absolute Gasteiger partial charge is 0.416 e. The van der Waals surface area contributed by atoms with Crippen LogP contribution in [0.15, 0.2) is 185 Å². The summed E-state index contributed by atoms with van der Waals surface area (Å²) in [4.78, 5) is 0. The fraction of sp³-hybridized carbons (Fsp3) is 0.0980. The highest BCUT2D eigenvalue weighted by Gasteiger charge is 2.46. The van der Waals surface area contributed by atoms with Crippen molar-refractivity contribution in [3.8, 4) is 68.1 Å². The van der Waals surface area contributed by atoms with Gasteiger partial charge in [0, 0.05) is 22.3 Å². The van der Waals surface area contributed by atoms with Crippen LogP contribution in [0.2, 0.25) is 0 Å². The van der Waals surface area contributed by atoms with Crippen LogP contribution in [-0.4, -0.2) is 20.4 Å². The zero-order valence-electron chi connectivity index (χ0n) is 31.6. The number of rotatable bonds is 9. The SMILES string of the molecule is CC(C)Cc1ccc(C2(c3cccc(-c4cc(-c5nnc(-c6ccccc6)o5)cc(-c5nnc(-c6ccccc6)o5)c4)c3)c3ccccc3-c3ccccc32)cc1. The Morgan fingerprint density at radius 2 is 0.860 bits per heavy atom. The molecule has 6 heteroatoms. The highest BCUT2D eigenvalue weighted by atomic mass is 16.4. The van der Waals surface area contributed by atoms with Crippen LogP contribution in [0, 0.1) is 5.92 Å². The predicted molar refractivity (Wildman–Crippen MR) is 225 cm³/mol. The third-order valence-electron chi connectivity index (χ3n) is 10.9. The van der Waals surface area contributed by atoms with E-state index in [0.717, 1.165) is 39.8 Å². The lowest BCUT2D eigenvalue weighted by Gasteiger charge is -2.34. The first-order chi connectivity index (χ1) is 28.0. The molecule has 0 atom stereocenters. The lowest BCUT2D eigenvalue weighted by atomic mass is 9.67. The minimum absolute atomic E-state index is 0.396. The molecule has 0 saturated heterocycles. The zero-order valence-corrected chi connectivity index (χ0v) is 31.6. The van der Waals surface area contributed by atoms with Gasteiger partial charge in [0.1, 0.15) is 0 Å². The Labute approximate surface area is 331 Å². The highest BCUT2D eigenvalue weighted by molar-refractivity contribution is 5.87. The maximum Gasteiger partial charge on any atom is 0.248 e. The molecule has 1 aliphatic carbocycles. The van der Waals surface area contributed by atoms with Gasteiger partial charge in [-0.15, -0.1) is 20.4 Å². The summed E-state index contributed by atoms with van der Waals surface area (Å²) in [5.74, 6) is 2.26. The molecule has 0 spiro atoms. The quantitative estimate of drug-likeness (QED) is 0.147. The molecular formula is C51H38N4O2. The summed E-state index contributed by atoms with van der Waals surface area (Å²) in [6.45, 7) is 4.54. The van der Waals surface area contributed by atoms with E-state index in [0.29, 0.717) is 29.5 Å². The number of benzene rings is 7. The second-order valence-electron chi connectivity index (χ2n) is 15.1. The second-order valence-corrected chi connectivity index (χ2v) is 15.1. The summed E-state index contributed by atoms with van der Waals surface area (Å²) in [6.07, 6.45) is 1.04. The van der Waals surface area contributed by atoms with E-state index in [-0.39, 0.29) is 0 Å². The first-order valence-electron chi connectivity index (χ1n) is 19.4. The van der Waals surface area contributed by atoms with E-state index in [2.05, 4.69) is 143 Å². The van der Waals surface area contributed by atoms with Crippen molar-refractivity contribution in [1.82, 2.24) is 20.4 Å². The average Bonchev–Trinajstić information content (AvgIpc) is 4.03. The summed E-state index contributed by atoms with van der Waals surface area (Å²) in [5.41, 5.74) is 13.4. The summed E-state index contributed by atoms with van der Waals surface area (Å²) >= 11 is 0. The van der Waals surface area contributed by atoms with E-state index >= 15 is 0 Å². The topological polar surface area (TPSA) is 77.8 Å². The smallest absolute Gasteiger partial charge is 0.248 e. The Hall–Kier alpha value is -7.18. The van der Waals surface area contributed by atoms with Crippen molar-refractivity contribution in [2.45, 2.75) is 25.7 Å². The monoisotopic (exact) mass is 738 g/mol. The van der Waals surface area contributed by atoms with Crippen LogP contribution >= 0.6 is 0 Å². The third-order valence-corrected chi connectivity index (χ3v) is 10.9. The fourth-order valence-electron chi connectivity index (χ4n) is 8.43. The van der Waals surface area contributed by atoms with Crippen molar-refractivity contribution in [1.29, 1.82) is 0 Å². The van der Waals surface area contributed by atoms with Gasteiger partial charge in [-0.3, -0.25) is 0 Å². The minimum atomic E-state index is -0.547. The van der Waals surface area contributed by atoms with E-state index < -0.39 is 5.41 Å². The molecule has 0 amide bonds. The van der Waals surface area contributed by atoms with E-state index in [9.17, 15) is 0 Å². The number of aromatic nitrogens is 4. The summed E-state index contributed by atoms with van der Waals surface area (Å²) < 4.78 is 12.6. The van der Waals surface area contributed by atoms with Crippen LogP contribution in [0.4, 0.5) is 0 Å². The van der Waals surface area contributed by atoms with Crippen molar-refractivity contribution in [2.75, 3.05) is 0 Å². The molecule has 1 aliphatic rings. The van der Waals surface area contributed by atoms with Crippen LogP contribution in [0.1, 0.15) is 41.7 Å². The van der Waals surface area contributed by atoms with E-state index in [4.69, 9.17) is 8.83 Å². The van der Waals surface area contributed by atoms with Crippen molar-refractivity contribution >= 4 is 0 Å². The second kappa shape index (κ2) is 14.2. The first-order valence-corrected chi connectivity index (χ1v) is 19.4. The molecule has 0 saturated carbocycles. The molecule has 0 bridgehead atoms. The van der Waals surface area contributed by atoms with Gasteiger partial charge in [-0.2, -0.15) is 0 Å². The van der Waals surface area contributed by atoms with Gasteiger partial charge in [-0.05, 0) is 111 Å². The molecule has 57 heavy (non-hydrogen) atoms. The lowest BCUT2D eigenvalue weighted by molar-refractivity contribution is 0.582. The summed E-state index contributed by atoms with van der Waals surface area (Å²) in [5, 5.41) is 17.8. The van der Waals surface area contributed by atoms with Gasteiger partial charge in [0.15, 0.2) is 0 Å². The predicted octanol–water partition coefficient (Wildman–Crippen LogP) is 12.3. The van der Waals surface area contributed by atoms with E-state index in [1.807, 2.05) is 66.7 Å². The van der Waals surface area contributed by atoms with E-state index in [1.165, 1.54) is 38.9 Å². The molecular weight excluding hydrogens is 701 g/mol. The van der Waals surface area contributed by atoms with Crippen molar-refractivity contribution in [3.63, 3.8) is 0 Å². The fourth-order valence-corrected chi connectivity index (χ4v) is 8.43. The molecule has 274 valence electrons. The number of fused-ring (bicyclic) bond motifs is 3. The Kier molecular flexibility index (Phi) is 8.52. The van der Waals surface area contributed by atoms with Crippen LogP contribution in [0.5, 0.6) is 0 Å². The van der Waals surface area contributed by atoms with Gasteiger partial charge >= 0.3 is 0 Å². The molecule has 0 radical (unpaired) electrons. The Morgan fingerprint density at radius 3 is 1.39 bits per heavy atom. The molecule has 0 fully saturated rings. The number of hydrogen-bond donors (Lipinski definition) is 0. The molecule has 2 heterocycles. The molecule has 0 unspecified atom stereocenters. The van der Waals surface area contributed by atoms with Crippen molar-refractivity contribution in [3.05, 3.63) is 204 Å². The summed E-state index contributed by atoms with van der Waals surface area (Å²) in [6, 6.07) is 61.7. The number of nitrogens with zero attached hydrogens (tertiary/aromatic N) is 4. The Morgan fingerprint density at radius 1 is 0.404 bits per heavy atom. The van der Waals surface area contributed by atoms with Crippen molar-refractivity contribution < 1.29 is 8.83 Å². The molecule has 0 aliphatic heterocycles. The van der Waals surface area contributed by atoms with Gasteiger partial charge in [0.25, 0.3) is 0 Å². The average molecular weight is 739 g/mol. The van der Waals surface area contributed by atoms with Gasteiger partial charge < -0.3 is 8.83 Å². The maximum absolute atomic E-state index is 6.31. The van der Waals surface area contributed by atoms with Gasteiger partial charge in [-0.25, -0.2) is 0 Å². The highest BCUT2D eigenvalue weighted by Crippen LogP contribution is 2.56. The molecule has 7 aromatic carbocycles.